The second kappa shape index (κ2) is 8.13. The molecule has 26 heavy (non-hydrogen) atoms. The molecule has 1 aromatic heterocycles. The van der Waals surface area contributed by atoms with E-state index in [2.05, 4.69) is 15.6 Å². The molecular weight excluding hydrogens is 354 g/mol. The minimum atomic E-state index is -0.775. The molecule has 3 rings (SSSR count). The Bertz CT molecular complexity index is 898. The Morgan fingerprint density at radius 3 is 1.73 bits per heavy atom. The molecule has 0 saturated carbocycles. The van der Waals surface area contributed by atoms with Crippen molar-refractivity contribution in [3.8, 4) is 11.5 Å². The van der Waals surface area contributed by atoms with E-state index in [1.165, 1.54) is 0 Å². The van der Waals surface area contributed by atoms with Gasteiger partial charge in [-0.05, 0) is 60.7 Å². The van der Waals surface area contributed by atoms with Gasteiger partial charge in [-0.25, -0.2) is 0 Å². The third-order valence-electron chi connectivity index (χ3n) is 3.31. The maximum Gasteiger partial charge on any atom is 0.314 e. The molecule has 0 bridgehead atoms. The first-order valence-electron chi connectivity index (χ1n) is 7.66. The number of ether oxygens (including phenoxy) is 1. The third kappa shape index (κ3) is 4.81. The van der Waals surface area contributed by atoms with E-state index < -0.39 is 11.8 Å². The minimum Gasteiger partial charge on any atom is -0.457 e. The third-order valence-corrected chi connectivity index (χ3v) is 3.56. The highest BCUT2D eigenvalue weighted by Gasteiger charge is 2.14. The summed E-state index contributed by atoms with van der Waals surface area (Å²) in [5.74, 6) is -0.300. The van der Waals surface area contributed by atoms with Gasteiger partial charge in [0, 0.05) is 28.8 Å². The Balaban J connectivity index is 1.57. The van der Waals surface area contributed by atoms with E-state index in [0.717, 1.165) is 0 Å². The molecule has 0 spiro atoms. The number of nitrogens with zero attached hydrogens (tertiary/aromatic N) is 1. The molecule has 7 heteroatoms. The molecule has 2 amide bonds. The summed E-state index contributed by atoms with van der Waals surface area (Å²) in [5.41, 5.74) is 0.957. The van der Waals surface area contributed by atoms with E-state index in [9.17, 15) is 9.59 Å². The predicted octanol–water partition coefficient (Wildman–Crippen LogP) is 4.10. The molecule has 3 aromatic rings. The van der Waals surface area contributed by atoms with Gasteiger partial charge in [-0.3, -0.25) is 14.6 Å². The fourth-order valence-corrected chi connectivity index (χ4v) is 2.18. The number of pyridine rings is 1. The van der Waals surface area contributed by atoms with E-state index in [4.69, 9.17) is 16.3 Å². The van der Waals surface area contributed by atoms with Crippen LogP contribution in [0.3, 0.4) is 0 Å². The molecule has 2 N–H and O–H groups in total. The molecule has 0 atom stereocenters. The smallest absolute Gasteiger partial charge is 0.314 e. The molecule has 0 unspecified atom stereocenters. The highest BCUT2D eigenvalue weighted by molar-refractivity contribution is 6.43. The number of anilines is 2. The molecule has 1 heterocycles. The van der Waals surface area contributed by atoms with Gasteiger partial charge in [0.2, 0.25) is 0 Å². The first-order chi connectivity index (χ1) is 12.6. The molecule has 0 aliphatic carbocycles. The summed E-state index contributed by atoms with van der Waals surface area (Å²) >= 11 is 5.78. The van der Waals surface area contributed by atoms with Crippen molar-refractivity contribution in [1.29, 1.82) is 0 Å². The average molecular weight is 368 g/mol. The van der Waals surface area contributed by atoms with Crippen LogP contribution in [0.4, 0.5) is 11.4 Å². The van der Waals surface area contributed by atoms with E-state index in [-0.39, 0.29) is 0 Å². The summed E-state index contributed by atoms with van der Waals surface area (Å²) in [4.78, 5) is 27.8. The largest absolute Gasteiger partial charge is 0.457 e. The second-order valence-electron chi connectivity index (χ2n) is 5.22. The standard InChI is InChI=1S/C19H14ClN3O3/c20-13-1-3-14(4-2-13)22-18(24)19(25)23-15-5-7-16(8-6-15)26-17-9-11-21-12-10-17/h1-12H,(H,22,24)(H,23,25). The van der Waals surface area contributed by atoms with Crippen LogP contribution in [0.2, 0.25) is 5.02 Å². The molecule has 0 saturated heterocycles. The van der Waals surface area contributed by atoms with Crippen LogP contribution in [0.5, 0.6) is 11.5 Å². The number of benzene rings is 2. The van der Waals surface area contributed by atoms with Crippen LogP contribution < -0.4 is 15.4 Å². The number of halogens is 1. The van der Waals surface area contributed by atoms with Gasteiger partial charge in [-0.1, -0.05) is 11.6 Å². The van der Waals surface area contributed by atoms with Crippen molar-refractivity contribution in [2.45, 2.75) is 0 Å². The van der Waals surface area contributed by atoms with Crippen LogP contribution in [0.15, 0.2) is 73.1 Å². The Kier molecular flexibility index (Phi) is 5.46. The summed E-state index contributed by atoms with van der Waals surface area (Å²) < 4.78 is 5.63. The molecule has 0 radical (unpaired) electrons. The van der Waals surface area contributed by atoms with Crippen molar-refractivity contribution in [2.24, 2.45) is 0 Å². The van der Waals surface area contributed by atoms with Gasteiger partial charge >= 0.3 is 11.8 Å². The second-order valence-corrected chi connectivity index (χ2v) is 5.66. The van der Waals surface area contributed by atoms with Crippen molar-refractivity contribution in [3.63, 3.8) is 0 Å². The molecule has 130 valence electrons. The fraction of sp³-hybridized carbons (Fsp3) is 0. The Labute approximate surface area is 154 Å². The van der Waals surface area contributed by atoms with E-state index in [1.807, 2.05) is 0 Å². The maximum absolute atomic E-state index is 12.0. The zero-order valence-corrected chi connectivity index (χ0v) is 14.2. The molecule has 6 nitrogen and oxygen atoms in total. The van der Waals surface area contributed by atoms with Crippen LogP contribution in [0.1, 0.15) is 0 Å². The normalized spacial score (nSPS) is 10.0. The van der Waals surface area contributed by atoms with Gasteiger partial charge in [0.25, 0.3) is 0 Å². The van der Waals surface area contributed by atoms with Gasteiger partial charge in [0.05, 0.1) is 0 Å². The lowest BCUT2D eigenvalue weighted by molar-refractivity contribution is -0.132. The van der Waals surface area contributed by atoms with Crippen molar-refractivity contribution in [2.75, 3.05) is 10.6 Å². The predicted molar refractivity (Wildman–Crippen MR) is 99.5 cm³/mol. The van der Waals surface area contributed by atoms with Crippen molar-refractivity contribution < 1.29 is 14.3 Å². The van der Waals surface area contributed by atoms with Gasteiger partial charge < -0.3 is 15.4 Å². The fourth-order valence-electron chi connectivity index (χ4n) is 2.06. The summed E-state index contributed by atoms with van der Waals surface area (Å²) in [6.07, 6.45) is 3.26. The number of aromatic nitrogens is 1. The monoisotopic (exact) mass is 367 g/mol. The molecule has 2 aromatic carbocycles. The lowest BCUT2D eigenvalue weighted by atomic mass is 10.3. The van der Waals surface area contributed by atoms with Gasteiger partial charge in [0.1, 0.15) is 11.5 Å². The van der Waals surface area contributed by atoms with Crippen LogP contribution in [-0.4, -0.2) is 16.8 Å². The average Bonchev–Trinajstić information content (AvgIpc) is 2.66. The number of hydrogen-bond donors (Lipinski definition) is 2. The zero-order chi connectivity index (χ0) is 18.4. The van der Waals surface area contributed by atoms with Gasteiger partial charge in [-0.2, -0.15) is 0 Å². The number of carbonyl (C=O) groups excluding carboxylic acids is 2. The highest BCUT2D eigenvalue weighted by atomic mass is 35.5. The first kappa shape index (κ1) is 17.4. The van der Waals surface area contributed by atoms with E-state index in [0.29, 0.717) is 27.9 Å². The van der Waals surface area contributed by atoms with Gasteiger partial charge in [-0.15, -0.1) is 0 Å². The first-order valence-corrected chi connectivity index (χ1v) is 8.04. The Hall–Kier alpha value is -3.38. The van der Waals surface area contributed by atoms with Crippen LogP contribution in [-0.2, 0) is 9.59 Å². The maximum atomic E-state index is 12.0. The summed E-state index contributed by atoms with van der Waals surface area (Å²) in [6.45, 7) is 0. The lowest BCUT2D eigenvalue weighted by Gasteiger charge is -2.08. The number of hydrogen-bond acceptors (Lipinski definition) is 4. The summed E-state index contributed by atoms with van der Waals surface area (Å²) in [6, 6.07) is 16.6. The number of amides is 2. The van der Waals surface area contributed by atoms with E-state index in [1.54, 1.807) is 73.1 Å². The van der Waals surface area contributed by atoms with Crippen LogP contribution >= 0.6 is 11.6 Å². The van der Waals surface area contributed by atoms with Crippen molar-refractivity contribution in [3.05, 3.63) is 78.1 Å². The topological polar surface area (TPSA) is 80.3 Å². The number of rotatable bonds is 4. The van der Waals surface area contributed by atoms with Crippen LogP contribution in [0.25, 0.3) is 0 Å². The Morgan fingerprint density at radius 2 is 1.19 bits per heavy atom. The Morgan fingerprint density at radius 1 is 0.731 bits per heavy atom. The highest BCUT2D eigenvalue weighted by Crippen LogP contribution is 2.22. The van der Waals surface area contributed by atoms with E-state index >= 15 is 0 Å². The summed E-state index contributed by atoms with van der Waals surface area (Å²) in [5, 5.41) is 5.56. The number of carbonyl (C=O) groups is 2. The molecule has 0 aliphatic rings. The summed E-state index contributed by atoms with van der Waals surface area (Å²) in [7, 11) is 0. The SMILES string of the molecule is O=C(Nc1ccc(Cl)cc1)C(=O)Nc1ccc(Oc2ccncc2)cc1. The zero-order valence-electron chi connectivity index (χ0n) is 13.5. The quantitative estimate of drug-likeness (QED) is 0.680. The minimum absolute atomic E-state index is 0.475. The van der Waals surface area contributed by atoms with Gasteiger partial charge in [0.15, 0.2) is 0 Å². The lowest BCUT2D eigenvalue weighted by Crippen LogP contribution is -2.29. The van der Waals surface area contributed by atoms with Crippen LogP contribution in [0, 0.1) is 0 Å². The number of nitrogens with one attached hydrogen (secondary N) is 2. The van der Waals surface area contributed by atoms with Crippen molar-refractivity contribution in [1.82, 2.24) is 4.98 Å². The molecule has 0 aliphatic heterocycles. The molecular formula is C19H14ClN3O3. The molecule has 0 fully saturated rings. The van der Waals surface area contributed by atoms with Crippen molar-refractivity contribution >= 4 is 34.8 Å².